The van der Waals surface area contributed by atoms with E-state index in [4.69, 9.17) is 16.3 Å². The molecule has 2 nitrogen and oxygen atoms in total. The summed E-state index contributed by atoms with van der Waals surface area (Å²) in [5.41, 5.74) is 0. The maximum atomic E-state index is 6.12. The number of fused-ring (bicyclic) bond motifs is 1. The molecule has 1 fully saturated rings. The molecule has 20 heavy (non-hydrogen) atoms. The van der Waals surface area contributed by atoms with Gasteiger partial charge in [0.2, 0.25) is 0 Å². The molecule has 1 aliphatic rings. The summed E-state index contributed by atoms with van der Waals surface area (Å²) in [7, 11) is 0. The largest absolute Gasteiger partial charge is 0.490 e. The van der Waals surface area contributed by atoms with Crippen molar-refractivity contribution in [3.63, 3.8) is 0 Å². The molecule has 0 spiro atoms. The lowest BCUT2D eigenvalue weighted by atomic mass is 9.95. The summed E-state index contributed by atoms with van der Waals surface area (Å²) in [6.45, 7) is 2.20. The molecule has 0 amide bonds. The van der Waals surface area contributed by atoms with E-state index in [1.165, 1.54) is 5.75 Å². The quantitative estimate of drug-likeness (QED) is 0.679. The number of rotatable bonds is 4. The Labute approximate surface area is 136 Å². The van der Waals surface area contributed by atoms with Gasteiger partial charge in [-0.2, -0.15) is 11.8 Å². The second-order valence-corrected chi connectivity index (χ2v) is 7.71. The molecule has 0 radical (unpaired) electrons. The van der Waals surface area contributed by atoms with Gasteiger partial charge < -0.3 is 4.74 Å². The van der Waals surface area contributed by atoms with Crippen LogP contribution in [0.15, 0.2) is 28.9 Å². The number of pyridine rings is 1. The fraction of sp³-hybridized carbons (Fsp3) is 0.400. The Bertz CT molecular complexity index is 631. The Morgan fingerprint density at radius 2 is 2.20 bits per heavy atom. The summed E-state index contributed by atoms with van der Waals surface area (Å²) in [5, 5.41) is 3.31. The van der Waals surface area contributed by atoms with Crippen LogP contribution in [0.2, 0.25) is 5.15 Å². The first-order chi connectivity index (χ1) is 9.67. The van der Waals surface area contributed by atoms with E-state index in [-0.39, 0.29) is 0 Å². The number of ether oxygens (including phenoxy) is 1. The first-order valence-electron chi connectivity index (χ1n) is 6.69. The van der Waals surface area contributed by atoms with Gasteiger partial charge in [0.25, 0.3) is 0 Å². The molecule has 0 aliphatic heterocycles. The monoisotopic (exact) mass is 371 g/mol. The molecule has 0 bridgehead atoms. The highest BCUT2D eigenvalue weighted by Gasteiger charge is 2.31. The molecule has 1 saturated carbocycles. The zero-order valence-electron chi connectivity index (χ0n) is 11.1. The second kappa shape index (κ2) is 6.12. The van der Waals surface area contributed by atoms with Gasteiger partial charge >= 0.3 is 0 Å². The summed E-state index contributed by atoms with van der Waals surface area (Å²) in [6, 6.07) is 5.87. The number of nitrogens with zero attached hydrogens (tertiary/aromatic N) is 1. The molecule has 2 aromatic rings. The predicted molar refractivity (Wildman–Crippen MR) is 90.0 cm³/mol. The molecule has 3 rings (SSSR count). The van der Waals surface area contributed by atoms with Crippen molar-refractivity contribution in [1.29, 1.82) is 0 Å². The average Bonchev–Trinajstić information content (AvgIpc) is 2.39. The van der Waals surface area contributed by atoms with Crippen LogP contribution in [-0.2, 0) is 0 Å². The zero-order chi connectivity index (χ0) is 14.1. The summed E-state index contributed by atoms with van der Waals surface area (Å²) >= 11 is 11.5. The van der Waals surface area contributed by atoms with Crippen molar-refractivity contribution >= 4 is 50.1 Å². The predicted octanol–water partition coefficient (Wildman–Crippen LogP) is 5.31. The highest BCUT2D eigenvalue weighted by molar-refractivity contribution is 9.10. The Hall–Kier alpha value is -0.450. The first kappa shape index (κ1) is 14.5. The Morgan fingerprint density at radius 3 is 2.95 bits per heavy atom. The van der Waals surface area contributed by atoms with E-state index in [0.29, 0.717) is 11.3 Å². The molecule has 106 valence electrons. The van der Waals surface area contributed by atoms with E-state index in [2.05, 4.69) is 27.8 Å². The van der Waals surface area contributed by atoms with Crippen LogP contribution in [0.1, 0.15) is 19.8 Å². The number of hydrogen-bond donors (Lipinski definition) is 0. The molecule has 0 atom stereocenters. The van der Waals surface area contributed by atoms with E-state index >= 15 is 0 Å². The van der Waals surface area contributed by atoms with Crippen LogP contribution in [0.3, 0.4) is 0 Å². The van der Waals surface area contributed by atoms with Crippen LogP contribution in [0.25, 0.3) is 10.8 Å². The first-order valence-corrected chi connectivity index (χ1v) is 8.91. The Morgan fingerprint density at radius 1 is 1.40 bits per heavy atom. The fourth-order valence-corrected chi connectivity index (χ4v) is 4.21. The molecular weight excluding hydrogens is 358 g/mol. The maximum Gasteiger partial charge on any atom is 0.129 e. The molecular formula is C15H15BrClNOS. The number of aromatic nitrogens is 1. The van der Waals surface area contributed by atoms with Crippen LogP contribution in [0.4, 0.5) is 0 Å². The van der Waals surface area contributed by atoms with Crippen molar-refractivity contribution < 1.29 is 4.74 Å². The third-order valence-electron chi connectivity index (χ3n) is 3.52. The number of thioether (sulfide) groups is 1. The van der Waals surface area contributed by atoms with Gasteiger partial charge in [-0.05, 0) is 36.8 Å². The average molecular weight is 373 g/mol. The fourth-order valence-electron chi connectivity index (χ4n) is 2.42. The number of hydrogen-bond acceptors (Lipinski definition) is 3. The van der Waals surface area contributed by atoms with Crippen LogP contribution in [0.5, 0.6) is 5.75 Å². The van der Waals surface area contributed by atoms with E-state index in [0.717, 1.165) is 39.1 Å². The molecule has 1 heterocycles. The number of halogens is 2. The minimum absolute atomic E-state index is 0.333. The summed E-state index contributed by atoms with van der Waals surface area (Å²) in [5.74, 6) is 2.08. The van der Waals surface area contributed by atoms with E-state index < -0.39 is 0 Å². The zero-order valence-corrected chi connectivity index (χ0v) is 14.3. The molecule has 0 N–H and O–H groups in total. The highest BCUT2D eigenvalue weighted by atomic mass is 79.9. The topological polar surface area (TPSA) is 22.1 Å². The van der Waals surface area contributed by atoms with Gasteiger partial charge in [-0.3, -0.25) is 0 Å². The van der Waals surface area contributed by atoms with Gasteiger partial charge in [-0.1, -0.05) is 34.5 Å². The van der Waals surface area contributed by atoms with Crippen molar-refractivity contribution in [2.75, 3.05) is 5.75 Å². The normalized spacial score (nSPS) is 21.8. The smallest absolute Gasteiger partial charge is 0.129 e. The van der Waals surface area contributed by atoms with Crippen LogP contribution < -0.4 is 4.74 Å². The minimum atomic E-state index is 0.333. The SMILES string of the molecule is CCSC1CC(Oc2ccc(Br)c3cc(Cl)ncc23)C1. The summed E-state index contributed by atoms with van der Waals surface area (Å²) < 4.78 is 7.13. The molecule has 0 unspecified atom stereocenters. The molecule has 5 heteroatoms. The van der Waals surface area contributed by atoms with Crippen molar-refractivity contribution in [2.45, 2.75) is 31.1 Å². The van der Waals surface area contributed by atoms with Gasteiger partial charge in [0.1, 0.15) is 17.0 Å². The molecule has 0 saturated heterocycles. The third-order valence-corrected chi connectivity index (χ3v) is 5.61. The summed E-state index contributed by atoms with van der Waals surface area (Å²) in [6.07, 6.45) is 4.39. The molecule has 1 aromatic carbocycles. The lowest BCUT2D eigenvalue weighted by Gasteiger charge is -2.35. The van der Waals surface area contributed by atoms with Crippen LogP contribution in [-0.4, -0.2) is 22.1 Å². The second-order valence-electron chi connectivity index (χ2n) is 4.89. The Kier molecular flexibility index (Phi) is 4.43. The van der Waals surface area contributed by atoms with E-state index in [9.17, 15) is 0 Å². The standard InChI is InChI=1S/C15H15BrClNOS/c1-2-20-10-5-9(6-10)19-14-4-3-13(16)11-7-15(17)18-8-12(11)14/h3-4,7-10H,2,5-6H2,1H3. The maximum absolute atomic E-state index is 6.12. The van der Waals surface area contributed by atoms with E-state index in [1.54, 1.807) is 6.20 Å². The minimum Gasteiger partial charge on any atom is -0.490 e. The van der Waals surface area contributed by atoms with Gasteiger partial charge in [0.15, 0.2) is 0 Å². The lowest BCUT2D eigenvalue weighted by Crippen LogP contribution is -2.35. The third kappa shape index (κ3) is 2.92. The van der Waals surface area contributed by atoms with Gasteiger partial charge in [0, 0.05) is 26.7 Å². The van der Waals surface area contributed by atoms with Crippen LogP contribution >= 0.6 is 39.3 Å². The van der Waals surface area contributed by atoms with E-state index in [1.807, 2.05) is 30.0 Å². The van der Waals surface area contributed by atoms with Crippen molar-refractivity contribution in [3.05, 3.63) is 34.0 Å². The van der Waals surface area contributed by atoms with Gasteiger partial charge in [-0.25, -0.2) is 4.98 Å². The van der Waals surface area contributed by atoms with Gasteiger partial charge in [0.05, 0.1) is 0 Å². The highest BCUT2D eigenvalue weighted by Crippen LogP contribution is 2.38. The number of benzene rings is 1. The Balaban J connectivity index is 1.81. The van der Waals surface area contributed by atoms with Crippen molar-refractivity contribution in [1.82, 2.24) is 4.98 Å². The van der Waals surface area contributed by atoms with Crippen molar-refractivity contribution in [3.8, 4) is 5.75 Å². The molecule has 1 aromatic heterocycles. The summed E-state index contributed by atoms with van der Waals surface area (Å²) in [4.78, 5) is 4.17. The molecule has 1 aliphatic carbocycles. The lowest BCUT2D eigenvalue weighted by molar-refractivity contribution is 0.128. The van der Waals surface area contributed by atoms with Gasteiger partial charge in [-0.15, -0.1) is 0 Å². The van der Waals surface area contributed by atoms with Crippen LogP contribution in [0, 0.1) is 0 Å². The van der Waals surface area contributed by atoms with Crippen molar-refractivity contribution in [2.24, 2.45) is 0 Å².